The lowest BCUT2D eigenvalue weighted by Crippen LogP contribution is -2.43. The highest BCUT2D eigenvalue weighted by molar-refractivity contribution is 7.20. The molecule has 1 aliphatic heterocycles. The van der Waals surface area contributed by atoms with Crippen LogP contribution in [-0.2, 0) is 12.1 Å². The highest BCUT2D eigenvalue weighted by atomic mass is 32.1. The minimum absolute atomic E-state index is 0.176. The van der Waals surface area contributed by atoms with Crippen molar-refractivity contribution in [3.05, 3.63) is 82.2 Å². The molecule has 0 saturated carbocycles. The summed E-state index contributed by atoms with van der Waals surface area (Å²) in [5.41, 5.74) is 2.26. The smallest absolute Gasteiger partial charge is 0.262 e. The maximum Gasteiger partial charge on any atom is 0.262 e. The zero-order chi connectivity index (χ0) is 26.0. The molecule has 3 heterocycles. The van der Waals surface area contributed by atoms with Crippen molar-refractivity contribution in [3.63, 3.8) is 0 Å². The second kappa shape index (κ2) is 10.5. The number of nitrogens with zero attached hydrogens (tertiary/aromatic N) is 3. The third-order valence-corrected chi connectivity index (χ3v) is 7.88. The molecule has 192 valence electrons. The Labute approximate surface area is 220 Å². The zero-order valence-corrected chi connectivity index (χ0v) is 22.2. The van der Waals surface area contributed by atoms with Crippen LogP contribution in [0.2, 0.25) is 0 Å². The van der Waals surface area contributed by atoms with E-state index in [1.807, 2.05) is 68.4 Å². The summed E-state index contributed by atoms with van der Waals surface area (Å²) < 4.78 is 0. The number of piperazine rings is 1. The number of amides is 2. The second-order valence-corrected chi connectivity index (χ2v) is 11.1. The first-order chi connectivity index (χ1) is 17.8. The molecule has 2 aromatic heterocycles. The average Bonchev–Trinajstić information content (AvgIpc) is 3.48. The van der Waals surface area contributed by atoms with Crippen molar-refractivity contribution in [2.75, 3.05) is 38.5 Å². The highest BCUT2D eigenvalue weighted by Gasteiger charge is 2.25. The van der Waals surface area contributed by atoms with Crippen molar-refractivity contribution < 1.29 is 9.59 Å². The van der Waals surface area contributed by atoms with Crippen LogP contribution in [-0.4, -0.2) is 65.0 Å². The van der Waals surface area contributed by atoms with Gasteiger partial charge in [-0.1, -0.05) is 42.5 Å². The molecule has 3 N–H and O–H groups in total. The Hall–Kier alpha value is -3.53. The molecule has 1 saturated heterocycles. The fourth-order valence-electron chi connectivity index (χ4n) is 4.50. The van der Waals surface area contributed by atoms with Gasteiger partial charge >= 0.3 is 0 Å². The molecule has 2 amide bonds. The predicted octanol–water partition coefficient (Wildman–Crippen LogP) is 4.29. The number of fused-ring (bicyclic) bond motifs is 1. The third kappa shape index (κ3) is 5.74. The number of rotatable bonds is 7. The van der Waals surface area contributed by atoms with E-state index >= 15 is 0 Å². The SMILES string of the molecule is CN1CCN(Cc2ccc(C(=O)Nc3[nH]nc4sc(C(=O)NC(C)(C)c5ccccc5)cc34)cc2)CC1. The third-order valence-electron chi connectivity index (χ3n) is 6.85. The van der Waals surface area contributed by atoms with Crippen molar-refractivity contribution in [2.24, 2.45) is 0 Å². The minimum Gasteiger partial charge on any atom is -0.342 e. The van der Waals surface area contributed by atoms with Gasteiger partial charge in [0.25, 0.3) is 11.8 Å². The molecule has 4 aromatic rings. The normalized spacial score (nSPS) is 15.1. The maximum absolute atomic E-state index is 13.0. The van der Waals surface area contributed by atoms with E-state index in [0.717, 1.165) is 38.3 Å². The number of H-pyrrole nitrogens is 1. The number of hydrogen-bond donors (Lipinski definition) is 3. The minimum atomic E-state index is -0.528. The lowest BCUT2D eigenvalue weighted by molar-refractivity contribution is 0.0915. The molecule has 0 atom stereocenters. The molecule has 1 aliphatic rings. The van der Waals surface area contributed by atoms with Gasteiger partial charge in [0.1, 0.15) is 10.6 Å². The first-order valence-electron chi connectivity index (χ1n) is 12.5. The Balaban J connectivity index is 1.23. The van der Waals surface area contributed by atoms with Crippen LogP contribution in [0.4, 0.5) is 5.82 Å². The molecule has 0 bridgehead atoms. The summed E-state index contributed by atoms with van der Waals surface area (Å²) in [5.74, 6) is 0.0864. The van der Waals surface area contributed by atoms with Gasteiger partial charge in [0, 0.05) is 38.3 Å². The van der Waals surface area contributed by atoms with E-state index < -0.39 is 5.54 Å². The number of hydrogen-bond acceptors (Lipinski definition) is 6. The molecule has 0 unspecified atom stereocenters. The lowest BCUT2D eigenvalue weighted by Gasteiger charge is -2.32. The van der Waals surface area contributed by atoms with Gasteiger partial charge in [-0.2, -0.15) is 5.10 Å². The summed E-state index contributed by atoms with van der Waals surface area (Å²) in [6.45, 7) is 9.10. The van der Waals surface area contributed by atoms with Gasteiger partial charge in [0.15, 0.2) is 0 Å². The largest absolute Gasteiger partial charge is 0.342 e. The molecule has 0 radical (unpaired) electrons. The fourth-order valence-corrected chi connectivity index (χ4v) is 5.39. The molecular formula is C28H32N6O2S. The molecule has 0 spiro atoms. The maximum atomic E-state index is 13.0. The number of aromatic amines is 1. The Kier molecular flexibility index (Phi) is 7.10. The molecular weight excluding hydrogens is 484 g/mol. The van der Waals surface area contributed by atoms with Gasteiger partial charge in [-0.15, -0.1) is 11.3 Å². The van der Waals surface area contributed by atoms with Gasteiger partial charge in [-0.3, -0.25) is 19.6 Å². The van der Waals surface area contributed by atoms with Crippen LogP contribution in [0.5, 0.6) is 0 Å². The number of anilines is 1. The molecule has 1 fully saturated rings. The van der Waals surface area contributed by atoms with Crippen LogP contribution in [0.1, 0.15) is 45.0 Å². The molecule has 9 heteroatoms. The van der Waals surface area contributed by atoms with E-state index in [9.17, 15) is 9.59 Å². The predicted molar refractivity (Wildman–Crippen MR) is 148 cm³/mol. The van der Waals surface area contributed by atoms with Crippen molar-refractivity contribution in [2.45, 2.75) is 25.9 Å². The van der Waals surface area contributed by atoms with Crippen molar-refractivity contribution >= 4 is 39.2 Å². The van der Waals surface area contributed by atoms with Crippen LogP contribution in [0.25, 0.3) is 10.2 Å². The summed E-state index contributed by atoms with van der Waals surface area (Å²) in [7, 11) is 2.15. The van der Waals surface area contributed by atoms with E-state index in [2.05, 4.69) is 37.7 Å². The van der Waals surface area contributed by atoms with E-state index in [4.69, 9.17) is 0 Å². The van der Waals surface area contributed by atoms with E-state index in [1.165, 1.54) is 16.9 Å². The Morgan fingerprint density at radius 3 is 2.41 bits per heavy atom. The van der Waals surface area contributed by atoms with Gasteiger partial charge < -0.3 is 15.5 Å². The van der Waals surface area contributed by atoms with Crippen molar-refractivity contribution in [3.8, 4) is 0 Å². The van der Waals surface area contributed by atoms with Crippen LogP contribution in [0.3, 0.4) is 0 Å². The topological polar surface area (TPSA) is 93.4 Å². The molecule has 5 rings (SSSR count). The lowest BCUT2D eigenvalue weighted by atomic mass is 9.94. The molecule has 0 aliphatic carbocycles. The highest BCUT2D eigenvalue weighted by Crippen LogP contribution is 2.30. The van der Waals surface area contributed by atoms with Gasteiger partial charge in [0.2, 0.25) is 0 Å². The first kappa shape index (κ1) is 25.1. The van der Waals surface area contributed by atoms with E-state index in [1.54, 1.807) is 6.07 Å². The van der Waals surface area contributed by atoms with Gasteiger partial charge in [-0.05, 0) is 50.2 Å². The first-order valence-corrected chi connectivity index (χ1v) is 13.3. The number of thiophene rings is 1. The zero-order valence-electron chi connectivity index (χ0n) is 21.4. The number of benzene rings is 2. The molecule has 8 nitrogen and oxygen atoms in total. The van der Waals surface area contributed by atoms with Crippen LogP contribution >= 0.6 is 11.3 Å². The Morgan fingerprint density at radius 1 is 1.00 bits per heavy atom. The number of nitrogens with one attached hydrogen (secondary N) is 3. The van der Waals surface area contributed by atoms with Crippen molar-refractivity contribution in [1.29, 1.82) is 0 Å². The van der Waals surface area contributed by atoms with E-state index in [0.29, 0.717) is 26.5 Å². The Morgan fingerprint density at radius 2 is 1.70 bits per heavy atom. The summed E-state index contributed by atoms with van der Waals surface area (Å²) >= 11 is 1.29. The molecule has 2 aromatic carbocycles. The fraction of sp³-hybridized carbons (Fsp3) is 0.321. The number of carbonyl (C=O) groups is 2. The number of aromatic nitrogens is 2. The standard InChI is InChI=1S/C28H32N6O2S/c1-28(2,21-7-5-4-6-8-21)30-26(36)23-17-22-24(31-32-27(22)37-23)29-25(35)20-11-9-19(10-12-20)18-34-15-13-33(3)14-16-34/h4-12,17H,13-16,18H2,1-3H3,(H,30,36)(H2,29,31,32,35). The van der Waals surface area contributed by atoms with Gasteiger partial charge in [0.05, 0.1) is 15.8 Å². The summed E-state index contributed by atoms with van der Waals surface area (Å²) in [5, 5.41) is 13.9. The summed E-state index contributed by atoms with van der Waals surface area (Å²) in [6, 6.07) is 19.4. The second-order valence-electron chi connectivity index (χ2n) is 10.1. The Bertz CT molecular complexity index is 1390. The van der Waals surface area contributed by atoms with E-state index in [-0.39, 0.29) is 11.8 Å². The average molecular weight is 517 g/mol. The number of likely N-dealkylation sites (N-methyl/N-ethyl adjacent to an activating group) is 1. The van der Waals surface area contributed by atoms with Gasteiger partial charge in [-0.25, -0.2) is 0 Å². The summed E-state index contributed by atoms with van der Waals surface area (Å²) in [6.07, 6.45) is 0. The van der Waals surface area contributed by atoms with Crippen LogP contribution in [0, 0.1) is 0 Å². The quantitative estimate of drug-likeness (QED) is 0.341. The van der Waals surface area contributed by atoms with Crippen LogP contribution < -0.4 is 10.6 Å². The number of carbonyl (C=O) groups excluding carboxylic acids is 2. The van der Waals surface area contributed by atoms with Crippen molar-refractivity contribution in [1.82, 2.24) is 25.3 Å². The summed E-state index contributed by atoms with van der Waals surface area (Å²) in [4.78, 5) is 31.9. The monoisotopic (exact) mass is 516 g/mol. The van der Waals surface area contributed by atoms with Crippen LogP contribution in [0.15, 0.2) is 60.7 Å². The molecule has 37 heavy (non-hydrogen) atoms.